The Bertz CT molecular complexity index is 300. The number of hydrogen-bond donors (Lipinski definition) is 0. The van der Waals surface area contributed by atoms with Crippen molar-refractivity contribution in [1.82, 2.24) is 9.57 Å². The average molecular weight is 365 g/mol. The fourth-order valence-electron chi connectivity index (χ4n) is 3.19. The van der Waals surface area contributed by atoms with Gasteiger partial charge in [-0.05, 0) is 45.7 Å². The van der Waals surface area contributed by atoms with E-state index in [0.717, 1.165) is 25.9 Å². The Kier molecular flexibility index (Phi) is 18.2. The zero-order valence-corrected chi connectivity index (χ0v) is 18.7. The third-order valence-corrected chi connectivity index (χ3v) is 6.40. The van der Waals surface area contributed by atoms with E-state index >= 15 is 0 Å². The minimum atomic E-state index is -2.52. The van der Waals surface area contributed by atoms with E-state index in [4.69, 9.17) is 4.52 Å². The van der Waals surface area contributed by atoms with Crippen LogP contribution in [0, 0.1) is 0 Å². The maximum absolute atomic E-state index is 12.3. The van der Waals surface area contributed by atoms with Crippen LogP contribution in [-0.4, -0.2) is 55.1 Å². The van der Waals surface area contributed by atoms with Gasteiger partial charge in [0.2, 0.25) is 0 Å². The molecule has 5 heteroatoms. The summed E-state index contributed by atoms with van der Waals surface area (Å²) in [5, 5.41) is 0. The molecule has 2 rings (SSSR count). The molecule has 0 bridgehead atoms. The van der Waals surface area contributed by atoms with Gasteiger partial charge in [-0.2, -0.15) is 0 Å². The van der Waals surface area contributed by atoms with Gasteiger partial charge in [-0.1, -0.05) is 48.0 Å². The zero-order chi connectivity index (χ0) is 19.0. The molecule has 24 heavy (non-hydrogen) atoms. The highest BCUT2D eigenvalue weighted by molar-refractivity contribution is 7.55. The van der Waals surface area contributed by atoms with Crippen LogP contribution in [0.3, 0.4) is 0 Å². The Balaban J connectivity index is 0. The van der Waals surface area contributed by atoms with Gasteiger partial charge < -0.3 is 9.42 Å². The van der Waals surface area contributed by atoms with Crippen molar-refractivity contribution in [3.63, 3.8) is 0 Å². The van der Waals surface area contributed by atoms with Gasteiger partial charge >= 0.3 is 0 Å². The van der Waals surface area contributed by atoms with Crippen LogP contribution in [0.1, 0.15) is 80.6 Å². The third-order valence-electron chi connectivity index (χ3n) is 4.23. The van der Waals surface area contributed by atoms with Crippen LogP contribution in [0.5, 0.6) is 0 Å². The van der Waals surface area contributed by atoms with Crippen molar-refractivity contribution in [2.45, 2.75) is 86.6 Å². The lowest BCUT2D eigenvalue weighted by atomic mass is 10.0. The smallest absolute Gasteiger partial charge is 0.269 e. The van der Waals surface area contributed by atoms with E-state index in [1.807, 2.05) is 48.5 Å². The van der Waals surface area contributed by atoms with Crippen molar-refractivity contribution < 1.29 is 9.09 Å². The molecule has 0 spiro atoms. The number of rotatable bonds is 4. The number of likely N-dealkylation sites (tertiary alicyclic amines) is 1. The average Bonchev–Trinajstić information content (AvgIpc) is 2.67. The third kappa shape index (κ3) is 9.56. The van der Waals surface area contributed by atoms with Crippen LogP contribution in [-0.2, 0) is 9.09 Å². The van der Waals surface area contributed by atoms with Crippen LogP contribution in [0.25, 0.3) is 0 Å². The van der Waals surface area contributed by atoms with Gasteiger partial charge in [-0.25, -0.2) is 4.67 Å². The topological polar surface area (TPSA) is 32.8 Å². The lowest BCUT2D eigenvalue weighted by molar-refractivity contribution is 0.112. The number of hydrogen-bond acceptors (Lipinski definition) is 3. The molecule has 0 N–H and O–H groups in total. The first-order valence-electron chi connectivity index (χ1n) is 10.3. The van der Waals surface area contributed by atoms with E-state index in [0.29, 0.717) is 12.6 Å². The van der Waals surface area contributed by atoms with Crippen LogP contribution in [0.15, 0.2) is 0 Å². The van der Waals surface area contributed by atoms with Crippen molar-refractivity contribution in [2.75, 3.05) is 39.5 Å². The molecule has 0 aromatic heterocycles. The van der Waals surface area contributed by atoms with Gasteiger partial charge in [-0.15, -0.1) is 0 Å². The lowest BCUT2D eigenvalue weighted by Gasteiger charge is -2.41. The Hall–Kier alpha value is 0.110. The molecule has 0 amide bonds. The summed E-state index contributed by atoms with van der Waals surface area (Å²) in [7, 11) is -2.52. The Labute approximate surface area is 152 Å². The summed E-state index contributed by atoms with van der Waals surface area (Å²) in [6.45, 7) is 20.6. The van der Waals surface area contributed by atoms with Gasteiger partial charge in [-0.3, -0.25) is 4.57 Å². The normalized spacial score (nSPS) is 21.8. The van der Waals surface area contributed by atoms with Crippen LogP contribution in [0.2, 0.25) is 0 Å². The van der Waals surface area contributed by atoms with Gasteiger partial charge in [0, 0.05) is 25.8 Å². The maximum Gasteiger partial charge on any atom is 0.269 e. The molecule has 4 nitrogen and oxygen atoms in total. The van der Waals surface area contributed by atoms with Crippen molar-refractivity contribution in [3.05, 3.63) is 0 Å². The van der Waals surface area contributed by atoms with Gasteiger partial charge in [0.15, 0.2) is 0 Å². The first-order chi connectivity index (χ1) is 11.6. The molecule has 148 valence electrons. The first-order valence-corrected chi connectivity index (χ1v) is 12.4. The van der Waals surface area contributed by atoms with Crippen molar-refractivity contribution in [2.24, 2.45) is 0 Å². The van der Waals surface area contributed by atoms with Crippen LogP contribution >= 0.6 is 7.52 Å². The van der Waals surface area contributed by atoms with Crippen molar-refractivity contribution in [3.8, 4) is 0 Å². The summed E-state index contributed by atoms with van der Waals surface area (Å²) in [4.78, 5) is 2.64. The second kappa shape index (κ2) is 16.6. The predicted octanol–water partition coefficient (Wildman–Crippen LogP) is 5.87. The fraction of sp³-hybridized carbons (Fsp3) is 1.00. The maximum atomic E-state index is 12.3. The molecule has 2 aliphatic rings. The van der Waals surface area contributed by atoms with E-state index < -0.39 is 7.52 Å². The first kappa shape index (κ1) is 26.3. The zero-order valence-electron chi connectivity index (χ0n) is 17.8. The highest BCUT2D eigenvalue weighted by Crippen LogP contribution is 2.48. The minimum Gasteiger partial charge on any atom is -0.318 e. The standard InChI is InChI=1S/C13H27N2O2P.3C2H6/c1-3-17-18(2,16)15-11-7-13(8-12-15)14-9-5-4-6-10-14;3*1-2/h13H,3-12H2,1-2H3;3*1-2H3. The molecule has 2 heterocycles. The summed E-state index contributed by atoms with van der Waals surface area (Å²) in [6.07, 6.45) is 6.39. The quantitative estimate of drug-likeness (QED) is 0.584. The molecule has 0 aromatic rings. The van der Waals surface area contributed by atoms with E-state index in [9.17, 15) is 4.57 Å². The molecule has 2 aliphatic heterocycles. The lowest BCUT2D eigenvalue weighted by Crippen LogP contribution is -2.45. The van der Waals surface area contributed by atoms with E-state index in [1.165, 1.54) is 32.4 Å². The second-order valence-corrected chi connectivity index (χ2v) is 7.93. The van der Waals surface area contributed by atoms with E-state index in [-0.39, 0.29) is 0 Å². The van der Waals surface area contributed by atoms with Crippen LogP contribution in [0.4, 0.5) is 0 Å². The highest BCUT2D eigenvalue weighted by atomic mass is 31.2. The Morgan fingerprint density at radius 2 is 1.33 bits per heavy atom. The van der Waals surface area contributed by atoms with E-state index in [1.54, 1.807) is 6.66 Å². The molecule has 0 aliphatic carbocycles. The van der Waals surface area contributed by atoms with Gasteiger partial charge in [0.25, 0.3) is 7.52 Å². The molecule has 2 fully saturated rings. The molecule has 0 aromatic carbocycles. The minimum absolute atomic E-state index is 0.541. The predicted molar refractivity (Wildman–Crippen MR) is 109 cm³/mol. The molecule has 0 radical (unpaired) electrons. The van der Waals surface area contributed by atoms with Crippen molar-refractivity contribution >= 4 is 7.52 Å². The van der Waals surface area contributed by atoms with Gasteiger partial charge in [0.1, 0.15) is 0 Å². The number of piperidine rings is 2. The molecule has 1 unspecified atom stereocenters. The van der Waals surface area contributed by atoms with E-state index in [2.05, 4.69) is 9.57 Å². The number of nitrogens with zero attached hydrogens (tertiary/aromatic N) is 2. The summed E-state index contributed by atoms with van der Waals surface area (Å²) in [6, 6.07) is 0.711. The van der Waals surface area contributed by atoms with Crippen LogP contribution < -0.4 is 0 Å². The molecule has 1 atom stereocenters. The molecule has 0 saturated carbocycles. The van der Waals surface area contributed by atoms with Gasteiger partial charge in [0.05, 0.1) is 6.61 Å². The Morgan fingerprint density at radius 3 is 1.75 bits per heavy atom. The SMILES string of the molecule is CC.CC.CC.CCOP(C)(=O)N1CCC(N2CCCCC2)CC1. The monoisotopic (exact) mass is 364 g/mol. The molecular formula is C19H45N2O2P. The summed E-state index contributed by atoms with van der Waals surface area (Å²) < 4.78 is 19.8. The summed E-state index contributed by atoms with van der Waals surface area (Å²) in [5.74, 6) is 0. The summed E-state index contributed by atoms with van der Waals surface area (Å²) >= 11 is 0. The Morgan fingerprint density at radius 1 is 0.875 bits per heavy atom. The highest BCUT2D eigenvalue weighted by Gasteiger charge is 2.32. The molecular weight excluding hydrogens is 319 g/mol. The van der Waals surface area contributed by atoms with Crippen molar-refractivity contribution in [1.29, 1.82) is 0 Å². The largest absolute Gasteiger partial charge is 0.318 e. The molecule has 2 saturated heterocycles. The second-order valence-electron chi connectivity index (χ2n) is 5.50. The fourth-order valence-corrected chi connectivity index (χ4v) is 4.79. The summed E-state index contributed by atoms with van der Waals surface area (Å²) in [5.41, 5.74) is 0.